The summed E-state index contributed by atoms with van der Waals surface area (Å²) in [4.78, 5) is 27.2. The van der Waals surface area contributed by atoms with Gasteiger partial charge in [0.05, 0.1) is 26.2 Å². The van der Waals surface area contributed by atoms with Crippen molar-refractivity contribution < 1.29 is 23.8 Å². The van der Waals surface area contributed by atoms with Crippen molar-refractivity contribution in [2.45, 2.75) is 20.3 Å². The molecule has 33 heavy (non-hydrogen) atoms. The molecule has 1 heterocycles. The third-order valence-corrected chi connectivity index (χ3v) is 6.59. The molecule has 2 amide bonds. The number of amides is 2. The summed E-state index contributed by atoms with van der Waals surface area (Å²) >= 11 is 6.58. The molecule has 0 aliphatic carbocycles. The summed E-state index contributed by atoms with van der Waals surface area (Å²) in [6, 6.07) is 9.25. The number of hydrogen-bond acceptors (Lipinski definition) is 7. The van der Waals surface area contributed by atoms with Gasteiger partial charge in [-0.1, -0.05) is 30.0 Å². The molecule has 0 spiro atoms. The largest absolute Gasteiger partial charge is 0.493 e. The molecule has 9 heteroatoms. The van der Waals surface area contributed by atoms with Gasteiger partial charge in [-0.3, -0.25) is 14.5 Å². The normalized spacial score (nSPS) is 14.6. The van der Waals surface area contributed by atoms with Crippen molar-refractivity contribution in [1.29, 1.82) is 0 Å². The van der Waals surface area contributed by atoms with E-state index < -0.39 is 0 Å². The van der Waals surface area contributed by atoms with E-state index in [4.69, 9.17) is 26.4 Å². The van der Waals surface area contributed by atoms with E-state index in [0.717, 1.165) is 16.8 Å². The number of hydrogen-bond donors (Lipinski definition) is 1. The minimum atomic E-state index is -0.238. The topological polar surface area (TPSA) is 77.1 Å². The lowest BCUT2D eigenvalue weighted by atomic mass is 10.1. The maximum atomic E-state index is 12.9. The quantitative estimate of drug-likeness (QED) is 0.433. The number of benzene rings is 2. The van der Waals surface area contributed by atoms with Crippen LogP contribution >= 0.6 is 24.0 Å². The summed E-state index contributed by atoms with van der Waals surface area (Å²) in [6.45, 7) is 4.21. The third-order valence-electron chi connectivity index (χ3n) is 5.21. The van der Waals surface area contributed by atoms with Gasteiger partial charge in [-0.2, -0.15) is 0 Å². The second-order valence-electron chi connectivity index (χ2n) is 7.39. The number of rotatable bonds is 8. The summed E-state index contributed by atoms with van der Waals surface area (Å²) in [5.74, 6) is 1.03. The van der Waals surface area contributed by atoms with Crippen molar-refractivity contribution in [3.05, 3.63) is 51.9 Å². The second kappa shape index (κ2) is 10.7. The van der Waals surface area contributed by atoms with Crippen LogP contribution in [0.1, 0.15) is 23.1 Å². The number of thiocarbonyl (C=S) groups is 1. The van der Waals surface area contributed by atoms with E-state index in [-0.39, 0.29) is 24.8 Å². The Morgan fingerprint density at radius 1 is 1.06 bits per heavy atom. The van der Waals surface area contributed by atoms with Crippen LogP contribution in [0.15, 0.2) is 35.2 Å². The number of ether oxygens (including phenoxy) is 3. The van der Waals surface area contributed by atoms with E-state index in [1.807, 2.05) is 32.0 Å². The molecule has 0 saturated carbocycles. The Hall–Kier alpha value is -3.04. The van der Waals surface area contributed by atoms with E-state index in [9.17, 15) is 9.59 Å². The first kappa shape index (κ1) is 24.6. The zero-order chi connectivity index (χ0) is 24.1. The van der Waals surface area contributed by atoms with Crippen LogP contribution in [-0.2, 0) is 9.59 Å². The number of methoxy groups -OCH3 is 3. The molecule has 1 N–H and O–H groups in total. The van der Waals surface area contributed by atoms with Crippen LogP contribution in [-0.4, -0.2) is 48.9 Å². The summed E-state index contributed by atoms with van der Waals surface area (Å²) in [6.07, 6.45) is 1.86. The van der Waals surface area contributed by atoms with Gasteiger partial charge in [0.25, 0.3) is 5.91 Å². The highest BCUT2D eigenvalue weighted by molar-refractivity contribution is 8.26. The highest BCUT2D eigenvalue weighted by Crippen LogP contribution is 2.40. The lowest BCUT2D eigenvalue weighted by Crippen LogP contribution is -2.31. The molecule has 0 aromatic heterocycles. The van der Waals surface area contributed by atoms with E-state index >= 15 is 0 Å². The predicted molar refractivity (Wildman–Crippen MR) is 135 cm³/mol. The Labute approximate surface area is 203 Å². The second-order valence-corrected chi connectivity index (χ2v) is 9.07. The van der Waals surface area contributed by atoms with Gasteiger partial charge in [-0.25, -0.2) is 0 Å². The number of carbonyl (C=O) groups is 2. The van der Waals surface area contributed by atoms with Crippen molar-refractivity contribution in [3.8, 4) is 17.2 Å². The SMILES string of the molecule is COc1cc(/C=C2\SC(=S)N(CCC(=O)Nc3ccc(C)c(C)c3)C2=O)cc(OC)c1OC. The van der Waals surface area contributed by atoms with E-state index in [1.165, 1.54) is 38.0 Å². The summed E-state index contributed by atoms with van der Waals surface area (Å²) < 4.78 is 16.5. The first-order valence-electron chi connectivity index (χ1n) is 10.2. The molecule has 0 radical (unpaired) electrons. The summed E-state index contributed by atoms with van der Waals surface area (Å²) in [7, 11) is 4.59. The van der Waals surface area contributed by atoms with Crippen LogP contribution in [0.4, 0.5) is 5.69 Å². The summed E-state index contributed by atoms with van der Waals surface area (Å²) in [5.41, 5.74) is 3.69. The Morgan fingerprint density at radius 3 is 2.30 bits per heavy atom. The fourth-order valence-corrected chi connectivity index (χ4v) is 4.59. The van der Waals surface area contributed by atoms with Gasteiger partial charge in [-0.15, -0.1) is 0 Å². The van der Waals surface area contributed by atoms with Crippen LogP contribution in [0, 0.1) is 13.8 Å². The smallest absolute Gasteiger partial charge is 0.266 e. The molecule has 0 atom stereocenters. The van der Waals surface area contributed by atoms with Gasteiger partial charge in [0, 0.05) is 18.7 Å². The lowest BCUT2D eigenvalue weighted by Gasteiger charge is -2.14. The Morgan fingerprint density at radius 2 is 1.73 bits per heavy atom. The first-order valence-corrected chi connectivity index (χ1v) is 11.4. The van der Waals surface area contributed by atoms with E-state index in [0.29, 0.717) is 32.0 Å². The molecule has 1 aliphatic rings. The van der Waals surface area contributed by atoms with Gasteiger partial charge < -0.3 is 19.5 Å². The molecule has 1 saturated heterocycles. The number of carbonyl (C=O) groups excluding carboxylic acids is 2. The molecular weight excluding hydrogens is 460 g/mol. The summed E-state index contributed by atoms with van der Waals surface area (Å²) in [5, 5.41) is 2.87. The van der Waals surface area contributed by atoms with Crippen LogP contribution in [0.3, 0.4) is 0 Å². The van der Waals surface area contributed by atoms with Gasteiger partial charge in [0.2, 0.25) is 11.7 Å². The minimum absolute atomic E-state index is 0.136. The number of nitrogens with one attached hydrogen (secondary N) is 1. The Kier molecular flexibility index (Phi) is 7.99. The number of nitrogens with zero attached hydrogens (tertiary/aromatic N) is 1. The molecule has 174 valence electrons. The predicted octanol–water partition coefficient (Wildman–Crippen LogP) is 4.56. The first-order chi connectivity index (χ1) is 15.8. The van der Waals surface area contributed by atoms with Crippen LogP contribution in [0.2, 0.25) is 0 Å². The van der Waals surface area contributed by atoms with E-state index in [2.05, 4.69) is 5.32 Å². The third kappa shape index (κ3) is 5.66. The molecule has 2 aromatic carbocycles. The van der Waals surface area contributed by atoms with Crippen molar-refractivity contribution in [2.24, 2.45) is 0 Å². The molecule has 0 unspecified atom stereocenters. The fourth-order valence-electron chi connectivity index (χ4n) is 3.28. The Balaban J connectivity index is 1.69. The molecule has 3 rings (SSSR count). The molecule has 1 aliphatic heterocycles. The van der Waals surface area contributed by atoms with E-state index in [1.54, 1.807) is 18.2 Å². The zero-order valence-corrected chi connectivity index (χ0v) is 20.8. The molecule has 2 aromatic rings. The number of thioether (sulfide) groups is 1. The molecule has 0 bridgehead atoms. The van der Waals surface area contributed by atoms with Crippen LogP contribution in [0.5, 0.6) is 17.2 Å². The number of anilines is 1. The molecule has 1 fully saturated rings. The minimum Gasteiger partial charge on any atom is -0.493 e. The molecule has 7 nitrogen and oxygen atoms in total. The monoisotopic (exact) mass is 486 g/mol. The van der Waals surface area contributed by atoms with Crippen LogP contribution < -0.4 is 19.5 Å². The van der Waals surface area contributed by atoms with Crippen LogP contribution in [0.25, 0.3) is 6.08 Å². The van der Waals surface area contributed by atoms with Gasteiger partial charge in [0.1, 0.15) is 4.32 Å². The van der Waals surface area contributed by atoms with Gasteiger partial charge >= 0.3 is 0 Å². The molecular formula is C24H26N2O5S2. The average molecular weight is 487 g/mol. The van der Waals surface area contributed by atoms with Crippen molar-refractivity contribution >= 4 is 51.9 Å². The number of aryl methyl sites for hydroxylation is 2. The Bertz CT molecular complexity index is 1100. The van der Waals surface area contributed by atoms with Gasteiger partial charge in [-0.05, 0) is 60.9 Å². The average Bonchev–Trinajstić information content (AvgIpc) is 3.06. The highest BCUT2D eigenvalue weighted by atomic mass is 32.2. The van der Waals surface area contributed by atoms with Gasteiger partial charge in [0.15, 0.2) is 11.5 Å². The lowest BCUT2D eigenvalue weighted by molar-refractivity contribution is -0.122. The van der Waals surface area contributed by atoms with Crippen molar-refractivity contribution in [3.63, 3.8) is 0 Å². The van der Waals surface area contributed by atoms with Crippen molar-refractivity contribution in [1.82, 2.24) is 4.90 Å². The fraction of sp³-hybridized carbons (Fsp3) is 0.292. The van der Waals surface area contributed by atoms with Crippen molar-refractivity contribution in [2.75, 3.05) is 33.2 Å². The maximum Gasteiger partial charge on any atom is 0.266 e. The standard InChI is InChI=1S/C24H26N2O5S2/c1-14-6-7-17(10-15(14)2)25-21(27)8-9-26-23(28)20(33-24(26)32)13-16-11-18(29-3)22(31-5)19(12-16)30-4/h6-7,10-13H,8-9H2,1-5H3,(H,25,27)/b20-13-. The zero-order valence-electron chi connectivity index (χ0n) is 19.2. The highest BCUT2D eigenvalue weighted by Gasteiger charge is 2.32. The maximum absolute atomic E-state index is 12.9.